The van der Waals surface area contributed by atoms with Crippen molar-refractivity contribution in [2.75, 3.05) is 17.7 Å². The molecule has 0 radical (unpaired) electrons. The highest BCUT2D eigenvalue weighted by atomic mass is 32.2. The SMILES string of the molecule is CCC(C)CSc1ccc2c(c1)N(C)C(=O)C2N. The maximum absolute atomic E-state index is 11.8. The molecule has 0 bridgehead atoms. The number of carbonyl (C=O) groups is 1. The number of likely N-dealkylation sites (N-methyl/N-ethyl adjacent to an activating group) is 1. The lowest BCUT2D eigenvalue weighted by molar-refractivity contribution is -0.118. The van der Waals surface area contributed by atoms with Crippen LogP contribution in [0.1, 0.15) is 31.9 Å². The maximum atomic E-state index is 11.8. The van der Waals surface area contributed by atoms with Crippen molar-refractivity contribution < 1.29 is 4.79 Å². The van der Waals surface area contributed by atoms with Crippen molar-refractivity contribution in [2.24, 2.45) is 11.7 Å². The summed E-state index contributed by atoms with van der Waals surface area (Å²) in [6.07, 6.45) is 1.20. The van der Waals surface area contributed by atoms with Crippen molar-refractivity contribution in [3.63, 3.8) is 0 Å². The third-order valence-corrected chi connectivity index (χ3v) is 4.85. The summed E-state index contributed by atoms with van der Waals surface area (Å²) >= 11 is 1.84. The Hall–Kier alpha value is -1.00. The number of fused-ring (bicyclic) bond motifs is 1. The Labute approximate surface area is 113 Å². The highest BCUT2D eigenvalue weighted by Crippen LogP contribution is 2.36. The third kappa shape index (κ3) is 2.40. The van der Waals surface area contributed by atoms with E-state index in [0.717, 1.165) is 17.0 Å². The molecule has 4 heteroatoms. The lowest BCUT2D eigenvalue weighted by Gasteiger charge is -2.12. The van der Waals surface area contributed by atoms with Crippen LogP contribution in [0.5, 0.6) is 0 Å². The first kappa shape index (κ1) is 13.4. The molecule has 1 amide bonds. The number of nitrogens with two attached hydrogens (primary N) is 1. The van der Waals surface area contributed by atoms with Gasteiger partial charge in [-0.1, -0.05) is 26.3 Å². The second-order valence-corrected chi connectivity index (χ2v) is 6.01. The van der Waals surface area contributed by atoms with Crippen molar-refractivity contribution in [1.82, 2.24) is 0 Å². The summed E-state index contributed by atoms with van der Waals surface area (Å²) in [5.74, 6) is 1.80. The van der Waals surface area contributed by atoms with Crippen LogP contribution in [-0.4, -0.2) is 18.7 Å². The van der Waals surface area contributed by atoms with E-state index >= 15 is 0 Å². The first-order chi connectivity index (χ1) is 8.54. The van der Waals surface area contributed by atoms with Gasteiger partial charge in [-0.15, -0.1) is 11.8 Å². The summed E-state index contributed by atoms with van der Waals surface area (Å²) in [6, 6.07) is 5.64. The smallest absolute Gasteiger partial charge is 0.248 e. The summed E-state index contributed by atoms with van der Waals surface area (Å²) in [5.41, 5.74) is 7.78. The van der Waals surface area contributed by atoms with Crippen LogP contribution in [0.25, 0.3) is 0 Å². The molecule has 0 saturated heterocycles. The number of hydrogen-bond acceptors (Lipinski definition) is 3. The van der Waals surface area contributed by atoms with E-state index in [0.29, 0.717) is 5.92 Å². The van der Waals surface area contributed by atoms with Crippen LogP contribution < -0.4 is 10.6 Å². The van der Waals surface area contributed by atoms with Gasteiger partial charge in [-0.3, -0.25) is 4.79 Å². The minimum atomic E-state index is -0.487. The van der Waals surface area contributed by atoms with Gasteiger partial charge in [0.1, 0.15) is 6.04 Å². The summed E-state index contributed by atoms with van der Waals surface area (Å²) in [6.45, 7) is 4.46. The minimum Gasteiger partial charge on any atom is -0.316 e. The van der Waals surface area contributed by atoms with E-state index in [1.807, 2.05) is 17.8 Å². The fourth-order valence-corrected chi connectivity index (χ4v) is 3.06. The van der Waals surface area contributed by atoms with Crippen LogP contribution in [0.15, 0.2) is 23.1 Å². The third-order valence-electron chi connectivity index (χ3n) is 3.53. The number of anilines is 1. The van der Waals surface area contributed by atoms with Gasteiger partial charge in [0.2, 0.25) is 5.91 Å². The summed E-state index contributed by atoms with van der Waals surface area (Å²) < 4.78 is 0. The molecule has 1 aliphatic rings. The van der Waals surface area contributed by atoms with Crippen molar-refractivity contribution in [3.05, 3.63) is 23.8 Å². The Balaban J connectivity index is 2.16. The normalized spacial score (nSPS) is 20.1. The van der Waals surface area contributed by atoms with Gasteiger partial charge in [0.25, 0.3) is 0 Å². The number of thioether (sulfide) groups is 1. The summed E-state index contributed by atoms with van der Waals surface area (Å²) in [4.78, 5) is 14.7. The molecule has 2 rings (SSSR count). The average molecular weight is 264 g/mol. The number of nitrogens with zero attached hydrogens (tertiary/aromatic N) is 1. The predicted molar refractivity (Wildman–Crippen MR) is 77.0 cm³/mol. The van der Waals surface area contributed by atoms with E-state index in [1.165, 1.54) is 11.3 Å². The number of amides is 1. The van der Waals surface area contributed by atoms with Gasteiger partial charge in [0.05, 0.1) is 0 Å². The van der Waals surface area contributed by atoms with Crippen molar-refractivity contribution in [2.45, 2.75) is 31.2 Å². The molecule has 1 aromatic rings. The fraction of sp³-hybridized carbons (Fsp3) is 0.500. The second kappa shape index (κ2) is 5.33. The lowest BCUT2D eigenvalue weighted by atomic mass is 10.1. The van der Waals surface area contributed by atoms with Crippen LogP contribution in [0.3, 0.4) is 0 Å². The van der Waals surface area contributed by atoms with E-state index in [9.17, 15) is 4.79 Å². The van der Waals surface area contributed by atoms with Gasteiger partial charge in [-0.25, -0.2) is 0 Å². The fourth-order valence-electron chi connectivity index (χ4n) is 1.98. The van der Waals surface area contributed by atoms with Gasteiger partial charge in [-0.2, -0.15) is 0 Å². The molecule has 0 aromatic heterocycles. The van der Waals surface area contributed by atoms with E-state index < -0.39 is 6.04 Å². The highest BCUT2D eigenvalue weighted by Gasteiger charge is 2.32. The van der Waals surface area contributed by atoms with Gasteiger partial charge in [0.15, 0.2) is 0 Å². The van der Waals surface area contributed by atoms with Crippen molar-refractivity contribution >= 4 is 23.4 Å². The lowest BCUT2D eigenvalue weighted by Crippen LogP contribution is -2.27. The van der Waals surface area contributed by atoms with Crippen LogP contribution in [0, 0.1) is 5.92 Å². The quantitative estimate of drug-likeness (QED) is 0.851. The summed E-state index contributed by atoms with van der Waals surface area (Å²) in [5, 5.41) is 0. The molecular weight excluding hydrogens is 244 g/mol. The number of benzene rings is 1. The number of rotatable bonds is 4. The maximum Gasteiger partial charge on any atom is 0.248 e. The molecule has 3 nitrogen and oxygen atoms in total. The molecule has 1 aliphatic heterocycles. The largest absolute Gasteiger partial charge is 0.316 e. The minimum absolute atomic E-state index is 0.0194. The standard InChI is InChI=1S/C14H20N2OS/c1-4-9(2)8-18-10-5-6-11-12(7-10)16(3)14(17)13(11)15/h5-7,9,13H,4,8,15H2,1-3H3. The van der Waals surface area contributed by atoms with Gasteiger partial charge in [-0.05, 0) is 18.1 Å². The molecule has 2 N–H and O–H groups in total. The molecule has 1 heterocycles. The van der Waals surface area contributed by atoms with Crippen LogP contribution in [-0.2, 0) is 4.79 Å². The molecule has 0 fully saturated rings. The number of hydrogen-bond donors (Lipinski definition) is 1. The Bertz CT molecular complexity index is 461. The van der Waals surface area contributed by atoms with Crippen LogP contribution >= 0.6 is 11.8 Å². The molecule has 18 heavy (non-hydrogen) atoms. The molecule has 0 saturated carbocycles. The molecule has 2 unspecified atom stereocenters. The Morgan fingerprint density at radius 1 is 1.50 bits per heavy atom. The van der Waals surface area contributed by atoms with Gasteiger partial charge in [0, 0.05) is 28.9 Å². The molecule has 2 atom stereocenters. The predicted octanol–water partition coefficient (Wildman–Crippen LogP) is 2.80. The van der Waals surface area contributed by atoms with Crippen LogP contribution in [0.2, 0.25) is 0 Å². The monoisotopic (exact) mass is 264 g/mol. The number of carbonyl (C=O) groups excluding carboxylic acids is 1. The molecule has 0 spiro atoms. The van der Waals surface area contributed by atoms with E-state index in [1.54, 1.807) is 11.9 Å². The van der Waals surface area contributed by atoms with E-state index in [4.69, 9.17) is 5.73 Å². The second-order valence-electron chi connectivity index (χ2n) is 4.92. The van der Waals surface area contributed by atoms with Crippen LogP contribution in [0.4, 0.5) is 5.69 Å². The molecule has 0 aliphatic carbocycles. The zero-order chi connectivity index (χ0) is 13.3. The molecule has 1 aromatic carbocycles. The average Bonchev–Trinajstić information content (AvgIpc) is 2.61. The van der Waals surface area contributed by atoms with Crippen molar-refractivity contribution in [1.29, 1.82) is 0 Å². The first-order valence-corrected chi connectivity index (χ1v) is 7.33. The Morgan fingerprint density at radius 2 is 2.22 bits per heavy atom. The van der Waals surface area contributed by atoms with E-state index in [2.05, 4.69) is 26.0 Å². The zero-order valence-electron chi connectivity index (χ0n) is 11.1. The topological polar surface area (TPSA) is 46.3 Å². The molecular formula is C14H20N2OS. The zero-order valence-corrected chi connectivity index (χ0v) is 12.0. The summed E-state index contributed by atoms with van der Waals surface area (Å²) in [7, 11) is 1.79. The highest BCUT2D eigenvalue weighted by molar-refractivity contribution is 7.99. The first-order valence-electron chi connectivity index (χ1n) is 6.34. The van der Waals surface area contributed by atoms with Gasteiger partial charge >= 0.3 is 0 Å². The van der Waals surface area contributed by atoms with Gasteiger partial charge < -0.3 is 10.6 Å². The Kier molecular flexibility index (Phi) is 3.97. The molecule has 98 valence electrons. The Morgan fingerprint density at radius 3 is 2.89 bits per heavy atom. The van der Waals surface area contributed by atoms with Crippen molar-refractivity contribution in [3.8, 4) is 0 Å². The van der Waals surface area contributed by atoms with E-state index in [-0.39, 0.29) is 5.91 Å².